The summed E-state index contributed by atoms with van der Waals surface area (Å²) < 4.78 is 10.8. The van der Waals surface area contributed by atoms with E-state index in [2.05, 4.69) is 12.9 Å². The molecule has 0 radical (unpaired) electrons. The third-order valence-electron chi connectivity index (χ3n) is 5.42. The van der Waals surface area contributed by atoms with Gasteiger partial charge in [0.15, 0.2) is 0 Å². The topological polar surface area (TPSA) is 81.9 Å². The molecule has 1 atom stereocenters. The van der Waals surface area contributed by atoms with Crippen LogP contribution in [0.5, 0.6) is 5.75 Å². The van der Waals surface area contributed by atoms with Crippen molar-refractivity contribution in [3.8, 4) is 5.75 Å². The maximum absolute atomic E-state index is 12.7. The monoisotopic (exact) mass is 440 g/mol. The lowest BCUT2D eigenvalue weighted by Crippen LogP contribution is -2.34. The van der Waals surface area contributed by atoms with Gasteiger partial charge < -0.3 is 13.8 Å². The maximum atomic E-state index is 12.7. The van der Waals surface area contributed by atoms with E-state index in [9.17, 15) is 14.9 Å². The van der Waals surface area contributed by atoms with E-state index in [1.807, 2.05) is 37.3 Å². The zero-order chi connectivity index (χ0) is 22.5. The van der Waals surface area contributed by atoms with Crippen LogP contribution in [0.2, 0.25) is 0 Å². The highest BCUT2D eigenvalue weighted by Gasteiger charge is 2.44. The fraction of sp³-hybridized carbons (Fsp3) is 0.261. The van der Waals surface area contributed by atoms with Crippen LogP contribution in [0.1, 0.15) is 37.8 Å². The van der Waals surface area contributed by atoms with Crippen LogP contribution >= 0.6 is 12.9 Å². The summed E-state index contributed by atoms with van der Waals surface area (Å²) in [6.07, 6.45) is 0. The van der Waals surface area contributed by atoms with Gasteiger partial charge in [-0.25, -0.2) is 4.79 Å². The molecular formula is C23H24N2O5S. The van der Waals surface area contributed by atoms with E-state index < -0.39 is 16.8 Å². The lowest BCUT2D eigenvalue weighted by atomic mass is 9.83. The molecule has 31 heavy (non-hydrogen) atoms. The Morgan fingerprint density at radius 2 is 1.74 bits per heavy atom. The highest BCUT2D eigenvalue weighted by atomic mass is 32.1. The number of benzene rings is 2. The molecule has 0 spiro atoms. The first kappa shape index (κ1) is 22.4. The molecule has 0 fully saturated rings. The van der Waals surface area contributed by atoms with Gasteiger partial charge in [0.1, 0.15) is 18.3 Å². The van der Waals surface area contributed by atoms with Crippen LogP contribution in [0.3, 0.4) is 0 Å². The van der Waals surface area contributed by atoms with Gasteiger partial charge in [-0.2, -0.15) is 0 Å². The van der Waals surface area contributed by atoms with E-state index >= 15 is 0 Å². The first-order valence-corrected chi connectivity index (χ1v) is 10.2. The molecule has 7 nitrogen and oxygen atoms in total. The molecule has 1 heterocycles. The van der Waals surface area contributed by atoms with Gasteiger partial charge in [0.2, 0.25) is 0 Å². The number of nitrogens with zero attached hydrogens (tertiary/aromatic N) is 2. The molecule has 162 valence electrons. The molecule has 0 aliphatic carbocycles. The molecule has 0 bridgehead atoms. The standard InChI is InChI=1S/C23H24N2O5S/c1-4-24-15(2)20(23(26)30-31)21(22(16(24)3)25(27)28)18-12-8-9-13-19(18)29-14-17-10-6-5-7-11-17/h5-13,21,31H,4,14H2,1-3H3. The summed E-state index contributed by atoms with van der Waals surface area (Å²) in [5, 5.41) is 12.2. The summed E-state index contributed by atoms with van der Waals surface area (Å²) in [7, 11) is 0. The number of allylic oxidation sites excluding steroid dienone is 3. The molecule has 1 aliphatic rings. The average Bonchev–Trinajstić information content (AvgIpc) is 2.77. The molecular weight excluding hydrogens is 416 g/mol. The molecule has 3 rings (SSSR count). The van der Waals surface area contributed by atoms with Crippen LogP contribution in [-0.4, -0.2) is 22.3 Å². The summed E-state index contributed by atoms with van der Waals surface area (Å²) in [5.41, 5.74) is 2.63. The predicted molar refractivity (Wildman–Crippen MR) is 120 cm³/mol. The molecule has 0 saturated carbocycles. The van der Waals surface area contributed by atoms with Crippen molar-refractivity contribution in [3.63, 3.8) is 0 Å². The van der Waals surface area contributed by atoms with Crippen LogP contribution in [-0.2, 0) is 15.6 Å². The molecule has 0 amide bonds. The third-order valence-corrected chi connectivity index (χ3v) is 5.58. The fourth-order valence-electron chi connectivity index (χ4n) is 4.00. The zero-order valence-corrected chi connectivity index (χ0v) is 18.5. The van der Waals surface area contributed by atoms with Crippen LogP contribution in [0.15, 0.2) is 77.3 Å². The van der Waals surface area contributed by atoms with Crippen LogP contribution in [0, 0.1) is 10.1 Å². The number of hydrogen-bond donors (Lipinski definition) is 1. The minimum Gasteiger partial charge on any atom is -0.489 e. The number of hydrogen-bond acceptors (Lipinski definition) is 7. The van der Waals surface area contributed by atoms with Crippen LogP contribution in [0.25, 0.3) is 0 Å². The minimum atomic E-state index is -0.954. The lowest BCUT2D eigenvalue weighted by Gasteiger charge is -2.34. The second-order valence-electron chi connectivity index (χ2n) is 7.09. The number of carbonyl (C=O) groups is 1. The first-order chi connectivity index (χ1) is 14.9. The SMILES string of the molecule is CCN1C(C)=C(C(=O)OS)C(c2ccccc2OCc2ccccc2)C([N+](=O)[O-])=C1C. The molecule has 1 unspecified atom stereocenters. The quantitative estimate of drug-likeness (QED) is 0.287. The Bertz CT molecular complexity index is 1050. The van der Waals surface area contributed by atoms with E-state index in [-0.39, 0.29) is 17.9 Å². The van der Waals surface area contributed by atoms with Crippen LogP contribution in [0.4, 0.5) is 0 Å². The van der Waals surface area contributed by atoms with Crippen molar-refractivity contribution >= 4 is 18.9 Å². The molecule has 2 aromatic carbocycles. The van der Waals surface area contributed by atoms with E-state index in [0.29, 0.717) is 29.3 Å². The van der Waals surface area contributed by atoms with Crippen molar-refractivity contribution in [3.05, 3.63) is 98.5 Å². The lowest BCUT2D eigenvalue weighted by molar-refractivity contribution is -0.431. The number of para-hydroxylation sites is 1. The highest BCUT2D eigenvalue weighted by Crippen LogP contribution is 2.45. The first-order valence-electron chi connectivity index (χ1n) is 9.85. The molecule has 0 aromatic heterocycles. The van der Waals surface area contributed by atoms with E-state index in [1.165, 1.54) is 0 Å². The van der Waals surface area contributed by atoms with E-state index in [4.69, 9.17) is 8.92 Å². The molecule has 2 aromatic rings. The third kappa shape index (κ3) is 4.44. The Kier molecular flexibility index (Phi) is 7.02. The number of ether oxygens (including phenoxy) is 1. The molecule has 0 N–H and O–H groups in total. The zero-order valence-electron chi connectivity index (χ0n) is 17.6. The van der Waals surface area contributed by atoms with Gasteiger partial charge in [0.05, 0.1) is 16.2 Å². The highest BCUT2D eigenvalue weighted by molar-refractivity contribution is 7.75. The summed E-state index contributed by atoms with van der Waals surface area (Å²) in [6, 6.07) is 16.6. The summed E-state index contributed by atoms with van der Waals surface area (Å²) in [5.74, 6) is -1.22. The average molecular weight is 441 g/mol. The Hall–Kier alpha value is -3.26. The molecule has 8 heteroatoms. The van der Waals surface area contributed by atoms with Crippen molar-refractivity contribution in [2.45, 2.75) is 33.3 Å². The summed E-state index contributed by atoms with van der Waals surface area (Å²) in [4.78, 5) is 26.2. The second kappa shape index (κ2) is 9.70. The van der Waals surface area contributed by atoms with E-state index in [1.54, 1.807) is 43.0 Å². The van der Waals surface area contributed by atoms with Crippen molar-refractivity contribution in [2.24, 2.45) is 0 Å². The molecule has 1 aliphatic heterocycles. The van der Waals surface area contributed by atoms with Gasteiger partial charge in [0.25, 0.3) is 5.70 Å². The Morgan fingerprint density at radius 1 is 1.10 bits per heavy atom. The second-order valence-corrected chi connectivity index (χ2v) is 7.28. The normalized spacial score (nSPS) is 16.4. The maximum Gasteiger partial charge on any atom is 0.348 e. The Morgan fingerprint density at radius 3 is 2.35 bits per heavy atom. The van der Waals surface area contributed by atoms with Crippen molar-refractivity contribution < 1.29 is 18.6 Å². The van der Waals surface area contributed by atoms with Gasteiger partial charge in [-0.05, 0) is 32.4 Å². The number of rotatable bonds is 7. The number of carbonyl (C=O) groups excluding carboxylic acids is 1. The predicted octanol–water partition coefficient (Wildman–Crippen LogP) is 4.85. The van der Waals surface area contributed by atoms with E-state index in [0.717, 1.165) is 5.56 Å². The van der Waals surface area contributed by atoms with Gasteiger partial charge in [0, 0.05) is 30.7 Å². The molecule has 0 saturated heterocycles. The Balaban J connectivity index is 2.14. The van der Waals surface area contributed by atoms with Crippen molar-refractivity contribution in [2.75, 3.05) is 6.54 Å². The smallest absolute Gasteiger partial charge is 0.348 e. The number of thiol groups is 1. The van der Waals surface area contributed by atoms with Gasteiger partial charge in [-0.15, -0.1) is 0 Å². The Labute approximate surface area is 186 Å². The van der Waals surface area contributed by atoms with Gasteiger partial charge in [-0.3, -0.25) is 10.1 Å². The van der Waals surface area contributed by atoms with Crippen molar-refractivity contribution in [1.29, 1.82) is 0 Å². The summed E-state index contributed by atoms with van der Waals surface area (Å²) >= 11 is 3.68. The largest absolute Gasteiger partial charge is 0.489 e. The minimum absolute atomic E-state index is 0.0862. The number of nitro groups is 1. The summed E-state index contributed by atoms with van der Waals surface area (Å²) in [6.45, 7) is 6.07. The van der Waals surface area contributed by atoms with Crippen LogP contribution < -0.4 is 4.74 Å². The fourth-order valence-corrected chi connectivity index (χ4v) is 4.10. The van der Waals surface area contributed by atoms with Gasteiger partial charge >= 0.3 is 5.97 Å². The van der Waals surface area contributed by atoms with Crippen molar-refractivity contribution in [1.82, 2.24) is 4.90 Å². The van der Waals surface area contributed by atoms with Gasteiger partial charge in [-0.1, -0.05) is 48.5 Å².